The number of sulfonamides is 1. The lowest BCUT2D eigenvalue weighted by atomic mass is 10.1. The third-order valence-corrected chi connectivity index (χ3v) is 4.62. The van der Waals surface area contributed by atoms with E-state index in [4.69, 9.17) is 0 Å². The molecule has 1 aromatic rings. The zero-order chi connectivity index (χ0) is 13.0. The van der Waals surface area contributed by atoms with E-state index in [1.165, 1.54) is 5.56 Å². The first-order valence-corrected chi connectivity index (χ1v) is 8.06. The molecule has 0 spiro atoms. The van der Waals surface area contributed by atoms with Gasteiger partial charge in [-0.1, -0.05) is 37.6 Å². The Morgan fingerprint density at radius 3 is 2.94 bits per heavy atom. The predicted octanol–water partition coefficient (Wildman–Crippen LogP) is 1.55. The molecule has 5 heteroatoms. The van der Waals surface area contributed by atoms with Crippen molar-refractivity contribution >= 4 is 10.0 Å². The maximum absolute atomic E-state index is 11.9. The highest BCUT2D eigenvalue weighted by Gasteiger charge is 2.26. The highest BCUT2D eigenvalue weighted by Crippen LogP contribution is 2.25. The van der Waals surface area contributed by atoms with Crippen molar-refractivity contribution in [1.29, 1.82) is 0 Å². The van der Waals surface area contributed by atoms with E-state index in [1.54, 1.807) is 0 Å². The molecule has 4 nitrogen and oxygen atoms in total. The third-order valence-electron chi connectivity index (χ3n) is 3.21. The topological polar surface area (TPSA) is 58.2 Å². The number of hydrogen-bond donors (Lipinski definition) is 2. The number of hydrogen-bond acceptors (Lipinski definition) is 3. The second-order valence-corrected chi connectivity index (χ2v) is 6.51. The number of unbranched alkanes of at least 4 members (excludes halogenated alkanes) is 1. The first kappa shape index (κ1) is 13.5. The Hall–Kier alpha value is -0.910. The van der Waals surface area contributed by atoms with E-state index in [2.05, 4.69) is 10.0 Å². The first-order chi connectivity index (χ1) is 8.62. The van der Waals surface area contributed by atoms with Crippen LogP contribution in [0.2, 0.25) is 0 Å². The third kappa shape index (κ3) is 3.31. The summed E-state index contributed by atoms with van der Waals surface area (Å²) >= 11 is 0. The summed E-state index contributed by atoms with van der Waals surface area (Å²) in [4.78, 5) is 0. The number of benzene rings is 1. The van der Waals surface area contributed by atoms with Crippen LogP contribution < -0.4 is 10.0 Å². The smallest absolute Gasteiger partial charge is 0.213 e. The maximum atomic E-state index is 11.9. The van der Waals surface area contributed by atoms with E-state index in [1.807, 2.05) is 31.2 Å². The normalized spacial score (nSPS) is 18.8. The lowest BCUT2D eigenvalue weighted by Crippen LogP contribution is -2.32. The highest BCUT2D eigenvalue weighted by atomic mass is 32.2. The van der Waals surface area contributed by atoms with Gasteiger partial charge in [-0.3, -0.25) is 0 Å². The summed E-state index contributed by atoms with van der Waals surface area (Å²) in [5, 5.41) is 3.25. The van der Waals surface area contributed by atoms with Gasteiger partial charge < -0.3 is 5.32 Å². The summed E-state index contributed by atoms with van der Waals surface area (Å²) in [7, 11) is -3.19. The van der Waals surface area contributed by atoms with Crippen LogP contribution in [0.3, 0.4) is 0 Å². The highest BCUT2D eigenvalue weighted by molar-refractivity contribution is 7.89. The lowest BCUT2D eigenvalue weighted by Gasteiger charge is -2.13. The van der Waals surface area contributed by atoms with E-state index in [0.717, 1.165) is 24.9 Å². The van der Waals surface area contributed by atoms with Gasteiger partial charge >= 0.3 is 0 Å². The molecule has 0 fully saturated rings. The molecule has 0 saturated carbocycles. The van der Waals surface area contributed by atoms with Crippen molar-refractivity contribution in [2.45, 2.75) is 32.4 Å². The van der Waals surface area contributed by atoms with Crippen LogP contribution in [-0.2, 0) is 16.6 Å². The monoisotopic (exact) mass is 268 g/mol. The van der Waals surface area contributed by atoms with Crippen molar-refractivity contribution in [1.82, 2.24) is 10.0 Å². The molecule has 1 aliphatic rings. The second kappa shape index (κ2) is 5.82. The molecular weight excluding hydrogens is 248 g/mol. The molecule has 1 heterocycles. The van der Waals surface area contributed by atoms with Gasteiger partial charge in [-0.2, -0.15) is 0 Å². The van der Waals surface area contributed by atoms with Crippen LogP contribution in [0, 0.1) is 0 Å². The zero-order valence-electron chi connectivity index (χ0n) is 10.6. The molecule has 0 aromatic heterocycles. The molecule has 0 amide bonds. The summed E-state index contributed by atoms with van der Waals surface area (Å²) < 4.78 is 26.5. The van der Waals surface area contributed by atoms with Gasteiger partial charge in [-0.15, -0.1) is 0 Å². The molecule has 1 aliphatic heterocycles. The summed E-state index contributed by atoms with van der Waals surface area (Å²) in [6.07, 6.45) is 1.88. The summed E-state index contributed by atoms with van der Waals surface area (Å²) in [6.45, 7) is 3.33. The Balaban J connectivity index is 1.99. The quantitative estimate of drug-likeness (QED) is 0.770. The van der Waals surface area contributed by atoms with E-state index >= 15 is 0 Å². The largest absolute Gasteiger partial charge is 0.305 e. The number of nitrogens with one attached hydrogen (secondary N) is 2. The average molecular weight is 268 g/mol. The molecule has 18 heavy (non-hydrogen) atoms. The lowest BCUT2D eigenvalue weighted by molar-refractivity contribution is 0.557. The summed E-state index contributed by atoms with van der Waals surface area (Å²) in [5.74, 6) is 0.119. The Morgan fingerprint density at radius 2 is 2.17 bits per heavy atom. The number of rotatable bonds is 6. The fourth-order valence-electron chi connectivity index (χ4n) is 2.21. The van der Waals surface area contributed by atoms with Gasteiger partial charge in [-0.25, -0.2) is 13.1 Å². The fourth-order valence-corrected chi connectivity index (χ4v) is 3.52. The molecule has 2 rings (SSSR count). The van der Waals surface area contributed by atoms with Crippen molar-refractivity contribution in [2.24, 2.45) is 0 Å². The van der Waals surface area contributed by atoms with Gasteiger partial charge in [0.2, 0.25) is 10.0 Å². The predicted molar refractivity (Wildman–Crippen MR) is 72.7 cm³/mol. The van der Waals surface area contributed by atoms with Gasteiger partial charge in [0.05, 0.1) is 5.75 Å². The second-order valence-electron chi connectivity index (χ2n) is 4.66. The number of fused-ring (bicyclic) bond motifs is 1. The van der Waals surface area contributed by atoms with Crippen LogP contribution in [0.5, 0.6) is 0 Å². The molecule has 1 unspecified atom stereocenters. The SMILES string of the molecule is CCCCNS(=O)(=O)CC1NCc2ccccc21. The molecule has 0 aliphatic carbocycles. The minimum absolute atomic E-state index is 0.0830. The Bertz CT molecular complexity index is 499. The van der Waals surface area contributed by atoms with Crippen molar-refractivity contribution in [3.63, 3.8) is 0 Å². The molecule has 100 valence electrons. The first-order valence-electron chi connectivity index (χ1n) is 6.41. The molecule has 0 saturated heterocycles. The minimum Gasteiger partial charge on any atom is -0.305 e. The maximum Gasteiger partial charge on any atom is 0.213 e. The van der Waals surface area contributed by atoms with Crippen LogP contribution in [-0.4, -0.2) is 20.7 Å². The average Bonchev–Trinajstić information content (AvgIpc) is 2.72. The van der Waals surface area contributed by atoms with Crippen molar-refractivity contribution in [3.8, 4) is 0 Å². The fraction of sp³-hybridized carbons (Fsp3) is 0.538. The Morgan fingerprint density at radius 1 is 1.39 bits per heavy atom. The van der Waals surface area contributed by atoms with E-state index < -0.39 is 10.0 Å². The van der Waals surface area contributed by atoms with Crippen LogP contribution in [0.4, 0.5) is 0 Å². The zero-order valence-corrected chi connectivity index (χ0v) is 11.5. The molecule has 0 radical (unpaired) electrons. The molecule has 0 bridgehead atoms. The van der Waals surface area contributed by atoms with Crippen LogP contribution in [0.15, 0.2) is 24.3 Å². The Labute approximate surface area is 109 Å². The van der Waals surface area contributed by atoms with Crippen LogP contribution in [0.25, 0.3) is 0 Å². The van der Waals surface area contributed by atoms with Gasteiger partial charge in [0.1, 0.15) is 0 Å². The van der Waals surface area contributed by atoms with E-state index in [9.17, 15) is 8.42 Å². The standard InChI is InChI=1S/C13H20N2O2S/c1-2-3-8-15-18(16,17)10-13-12-7-5-4-6-11(12)9-14-13/h4-7,13-15H,2-3,8-10H2,1H3. The summed E-state index contributed by atoms with van der Waals surface area (Å²) in [5.41, 5.74) is 2.31. The molecule has 1 atom stereocenters. The molecule has 2 N–H and O–H groups in total. The van der Waals surface area contributed by atoms with Crippen molar-refractivity contribution < 1.29 is 8.42 Å². The van der Waals surface area contributed by atoms with Crippen LogP contribution in [0.1, 0.15) is 36.9 Å². The van der Waals surface area contributed by atoms with E-state index in [0.29, 0.717) is 6.54 Å². The van der Waals surface area contributed by atoms with Crippen molar-refractivity contribution in [2.75, 3.05) is 12.3 Å². The van der Waals surface area contributed by atoms with Gasteiger partial charge in [0, 0.05) is 19.1 Å². The summed E-state index contributed by atoms with van der Waals surface area (Å²) in [6, 6.07) is 7.90. The van der Waals surface area contributed by atoms with Gasteiger partial charge in [0.15, 0.2) is 0 Å². The van der Waals surface area contributed by atoms with Crippen LogP contribution >= 0.6 is 0 Å². The minimum atomic E-state index is -3.19. The van der Waals surface area contributed by atoms with Gasteiger partial charge in [0.25, 0.3) is 0 Å². The van der Waals surface area contributed by atoms with Crippen molar-refractivity contribution in [3.05, 3.63) is 35.4 Å². The molecular formula is C13H20N2O2S. The Kier molecular flexibility index (Phi) is 4.37. The van der Waals surface area contributed by atoms with E-state index in [-0.39, 0.29) is 11.8 Å². The van der Waals surface area contributed by atoms with Gasteiger partial charge in [-0.05, 0) is 17.5 Å². The molecule has 1 aromatic carbocycles.